The Labute approximate surface area is 179 Å². The van der Waals surface area contributed by atoms with Crippen LogP contribution in [0.2, 0.25) is 0 Å². The Morgan fingerprint density at radius 2 is 2.03 bits per heavy atom. The van der Waals surface area contributed by atoms with Gasteiger partial charge in [-0.25, -0.2) is 9.89 Å². The number of carbonyl (C=O) groups excluding carboxylic acids is 1. The number of nitrogens with zero attached hydrogens (tertiary/aromatic N) is 2. The van der Waals surface area contributed by atoms with Crippen LogP contribution >= 0.6 is 11.8 Å². The maximum Gasteiger partial charge on any atom is 0.343 e. The molecule has 1 aliphatic heterocycles. The number of amides is 1. The molecule has 0 spiro atoms. The van der Waals surface area contributed by atoms with Crippen LogP contribution in [-0.2, 0) is 16.9 Å². The summed E-state index contributed by atoms with van der Waals surface area (Å²) >= 11 is 1.29. The molecule has 0 radical (unpaired) electrons. The minimum Gasteiger partial charge on any atom is -0.486 e. The molecule has 162 valence electrons. The number of hydrogen-bond donors (Lipinski definition) is 2. The van der Waals surface area contributed by atoms with Gasteiger partial charge in [0.1, 0.15) is 13.2 Å². The first kappa shape index (κ1) is 20.8. The van der Waals surface area contributed by atoms with E-state index in [2.05, 4.69) is 22.4 Å². The Hall–Kier alpha value is -2.42. The van der Waals surface area contributed by atoms with E-state index in [1.807, 2.05) is 18.2 Å². The molecule has 0 saturated heterocycles. The fourth-order valence-corrected chi connectivity index (χ4v) is 4.94. The molecular weight excluding hydrogens is 404 g/mol. The average Bonchev–Trinajstić information content (AvgIpc) is 3.37. The van der Waals surface area contributed by atoms with Crippen LogP contribution < -0.4 is 20.5 Å². The van der Waals surface area contributed by atoms with Crippen LogP contribution in [0.15, 0.2) is 28.2 Å². The molecular formula is C21H28N4O4S. The average molecular weight is 433 g/mol. The van der Waals surface area contributed by atoms with Gasteiger partial charge < -0.3 is 14.8 Å². The Morgan fingerprint density at radius 1 is 1.27 bits per heavy atom. The molecule has 1 saturated carbocycles. The van der Waals surface area contributed by atoms with E-state index < -0.39 is 0 Å². The normalized spacial score (nSPS) is 17.1. The van der Waals surface area contributed by atoms with Crippen molar-refractivity contribution >= 4 is 17.7 Å². The van der Waals surface area contributed by atoms with Crippen molar-refractivity contribution in [2.75, 3.05) is 19.0 Å². The zero-order valence-corrected chi connectivity index (χ0v) is 18.1. The van der Waals surface area contributed by atoms with Crippen molar-refractivity contribution in [1.29, 1.82) is 0 Å². The lowest BCUT2D eigenvalue weighted by atomic mass is 9.87. The first-order chi connectivity index (χ1) is 14.6. The van der Waals surface area contributed by atoms with E-state index in [0.29, 0.717) is 24.9 Å². The first-order valence-corrected chi connectivity index (χ1v) is 11.6. The zero-order valence-electron chi connectivity index (χ0n) is 17.2. The number of H-pyrrole nitrogens is 1. The van der Waals surface area contributed by atoms with Crippen molar-refractivity contribution < 1.29 is 14.3 Å². The van der Waals surface area contributed by atoms with Crippen molar-refractivity contribution in [2.45, 2.75) is 62.7 Å². The summed E-state index contributed by atoms with van der Waals surface area (Å²) in [6.07, 6.45) is 5.81. The lowest BCUT2D eigenvalue weighted by molar-refractivity contribution is -0.120. The Morgan fingerprint density at radius 3 is 2.80 bits per heavy atom. The van der Waals surface area contributed by atoms with Crippen LogP contribution in [0.3, 0.4) is 0 Å². The van der Waals surface area contributed by atoms with Gasteiger partial charge in [0.25, 0.3) is 0 Å². The Bertz CT molecular complexity index is 949. The predicted molar refractivity (Wildman–Crippen MR) is 114 cm³/mol. The molecule has 8 nitrogen and oxygen atoms in total. The highest BCUT2D eigenvalue weighted by molar-refractivity contribution is 7.99. The maximum atomic E-state index is 12.9. The molecule has 0 atom stereocenters. The third-order valence-electron chi connectivity index (χ3n) is 5.72. The molecule has 2 aromatic rings. The summed E-state index contributed by atoms with van der Waals surface area (Å²) in [4.78, 5) is 24.8. The van der Waals surface area contributed by atoms with E-state index in [4.69, 9.17) is 9.47 Å². The summed E-state index contributed by atoms with van der Waals surface area (Å²) in [6.45, 7) is 3.78. The van der Waals surface area contributed by atoms with Gasteiger partial charge in [-0.15, -0.1) is 5.10 Å². The summed E-state index contributed by atoms with van der Waals surface area (Å²) in [5.74, 6) is 1.64. The minimum atomic E-state index is -0.388. The van der Waals surface area contributed by atoms with E-state index in [-0.39, 0.29) is 22.9 Å². The molecule has 1 aromatic heterocycles. The second-order valence-electron chi connectivity index (χ2n) is 7.80. The number of fused-ring (bicyclic) bond motifs is 1. The van der Waals surface area contributed by atoms with Crippen LogP contribution in [0.1, 0.15) is 51.0 Å². The van der Waals surface area contributed by atoms with Gasteiger partial charge in [0.05, 0.1) is 11.3 Å². The van der Waals surface area contributed by atoms with Gasteiger partial charge in [-0.3, -0.25) is 9.36 Å². The van der Waals surface area contributed by atoms with E-state index in [1.54, 1.807) is 4.57 Å². The third kappa shape index (κ3) is 4.35. The fraction of sp³-hybridized carbons (Fsp3) is 0.571. The van der Waals surface area contributed by atoms with Gasteiger partial charge in [0.15, 0.2) is 16.7 Å². The summed E-state index contributed by atoms with van der Waals surface area (Å²) in [5.41, 5.74) is 0.443. The molecule has 30 heavy (non-hydrogen) atoms. The molecule has 2 aliphatic rings. The van der Waals surface area contributed by atoms with Crippen molar-refractivity contribution in [2.24, 2.45) is 0 Å². The predicted octanol–water partition coefficient (Wildman–Crippen LogP) is 2.82. The van der Waals surface area contributed by atoms with Gasteiger partial charge >= 0.3 is 5.69 Å². The number of ether oxygens (including phenoxy) is 2. The van der Waals surface area contributed by atoms with Crippen LogP contribution in [0.4, 0.5) is 0 Å². The molecule has 9 heteroatoms. The standard InChI is InChI=1S/C21H28N4O4S/c1-2-3-10-25-19(27)23-24-20(25)30-14-18(26)22-21(8-4-5-9-21)15-6-7-16-17(13-15)29-12-11-28-16/h6-7,13H,2-5,8-12,14H2,1H3,(H,22,26)(H,23,27). The summed E-state index contributed by atoms with van der Waals surface area (Å²) in [6, 6.07) is 5.96. The minimum absolute atomic E-state index is 0.0609. The Balaban J connectivity index is 1.45. The number of rotatable bonds is 8. The molecule has 0 bridgehead atoms. The highest BCUT2D eigenvalue weighted by Crippen LogP contribution is 2.42. The molecule has 2 N–H and O–H groups in total. The lowest BCUT2D eigenvalue weighted by Gasteiger charge is -2.32. The second kappa shape index (κ2) is 9.16. The van der Waals surface area contributed by atoms with Crippen LogP contribution in [0.5, 0.6) is 11.5 Å². The highest BCUT2D eigenvalue weighted by atomic mass is 32.2. The summed E-state index contributed by atoms with van der Waals surface area (Å²) < 4.78 is 13.0. The van der Waals surface area contributed by atoms with Crippen LogP contribution in [0.25, 0.3) is 0 Å². The van der Waals surface area contributed by atoms with Crippen molar-refractivity contribution in [3.63, 3.8) is 0 Å². The number of carbonyl (C=O) groups is 1. The molecule has 0 unspecified atom stereocenters. The first-order valence-electron chi connectivity index (χ1n) is 10.6. The molecule has 1 aromatic carbocycles. The fourth-order valence-electron chi connectivity index (χ4n) is 4.17. The van der Waals surface area contributed by atoms with E-state index >= 15 is 0 Å². The van der Waals surface area contributed by atoms with Gasteiger partial charge in [-0.05, 0) is 37.0 Å². The zero-order chi connectivity index (χ0) is 21.0. The number of nitrogens with one attached hydrogen (secondary N) is 2. The van der Waals surface area contributed by atoms with E-state index in [0.717, 1.165) is 55.6 Å². The molecule has 1 aliphatic carbocycles. The number of aromatic nitrogens is 3. The van der Waals surface area contributed by atoms with E-state index in [1.165, 1.54) is 11.8 Å². The molecule has 2 heterocycles. The Kier molecular flexibility index (Phi) is 6.36. The molecule has 4 rings (SSSR count). The van der Waals surface area contributed by atoms with Crippen LogP contribution in [-0.4, -0.2) is 39.6 Å². The number of unbranched alkanes of at least 4 members (excludes halogenated alkanes) is 1. The lowest BCUT2D eigenvalue weighted by Crippen LogP contribution is -2.44. The topological polar surface area (TPSA) is 98.2 Å². The van der Waals surface area contributed by atoms with E-state index in [9.17, 15) is 9.59 Å². The second-order valence-corrected chi connectivity index (χ2v) is 8.74. The molecule has 1 amide bonds. The smallest absolute Gasteiger partial charge is 0.343 e. The van der Waals surface area contributed by atoms with Gasteiger partial charge in [0.2, 0.25) is 5.91 Å². The van der Waals surface area contributed by atoms with Crippen molar-refractivity contribution in [1.82, 2.24) is 20.1 Å². The van der Waals surface area contributed by atoms with Gasteiger partial charge in [-0.2, -0.15) is 0 Å². The highest BCUT2D eigenvalue weighted by Gasteiger charge is 2.37. The number of aromatic amines is 1. The monoisotopic (exact) mass is 432 g/mol. The quantitative estimate of drug-likeness (QED) is 0.623. The SMILES string of the molecule is CCCCn1c(SCC(=O)NC2(c3ccc4c(c3)OCCO4)CCCC2)n[nH]c1=O. The third-order valence-corrected chi connectivity index (χ3v) is 6.70. The summed E-state index contributed by atoms with van der Waals surface area (Å²) in [5, 5.41) is 10.4. The number of hydrogen-bond acceptors (Lipinski definition) is 6. The number of thioether (sulfide) groups is 1. The van der Waals surface area contributed by atoms with Crippen LogP contribution in [0, 0.1) is 0 Å². The maximum absolute atomic E-state index is 12.9. The van der Waals surface area contributed by atoms with Crippen molar-refractivity contribution in [3.8, 4) is 11.5 Å². The van der Waals surface area contributed by atoms with Crippen molar-refractivity contribution in [3.05, 3.63) is 34.2 Å². The largest absolute Gasteiger partial charge is 0.486 e. The number of benzene rings is 1. The van der Waals surface area contributed by atoms with Gasteiger partial charge in [-0.1, -0.05) is 44.0 Å². The van der Waals surface area contributed by atoms with Gasteiger partial charge in [0, 0.05) is 6.54 Å². The molecule has 1 fully saturated rings. The summed E-state index contributed by atoms with van der Waals surface area (Å²) in [7, 11) is 0.